The van der Waals surface area contributed by atoms with E-state index in [-0.39, 0.29) is 6.42 Å². The molecule has 7 heteroatoms. The molecule has 0 aliphatic carbocycles. The molecule has 0 aromatic heterocycles. The zero-order valence-electron chi connectivity index (χ0n) is 6.61. The van der Waals surface area contributed by atoms with Crippen molar-refractivity contribution >= 4 is 36.8 Å². The Labute approximate surface area is 81.3 Å². The summed E-state index contributed by atoms with van der Waals surface area (Å²) < 4.78 is 0. The maximum Gasteiger partial charge on any atom is 0.326 e. The van der Waals surface area contributed by atoms with Gasteiger partial charge in [0.1, 0.15) is 6.04 Å². The van der Waals surface area contributed by atoms with Gasteiger partial charge >= 0.3 is 5.97 Å². The van der Waals surface area contributed by atoms with Gasteiger partial charge in [-0.3, -0.25) is 4.79 Å². The number of rotatable bonds is 2. The number of nitrogens with one attached hydrogen (secondary N) is 2. The second kappa shape index (κ2) is 3.74. The van der Waals surface area contributed by atoms with Crippen LogP contribution in [-0.4, -0.2) is 41.8 Å². The molecule has 1 amide bonds. The third-order valence-electron chi connectivity index (χ3n) is 1.72. The monoisotopic (exact) mass is 198 g/mol. The van der Waals surface area contributed by atoms with Crippen LogP contribution in [0.1, 0.15) is 6.42 Å². The Morgan fingerprint density at radius 1 is 1.69 bits per heavy atom. The smallest absolute Gasteiger partial charge is 0.326 e. The summed E-state index contributed by atoms with van der Waals surface area (Å²) in [6.45, 7) is 0. The van der Waals surface area contributed by atoms with Crippen molar-refractivity contribution in [2.45, 2.75) is 18.5 Å². The van der Waals surface area contributed by atoms with Gasteiger partial charge in [0.05, 0.1) is 11.0 Å². The van der Waals surface area contributed by atoms with Gasteiger partial charge in [0.15, 0.2) is 5.81 Å². The van der Waals surface area contributed by atoms with Crippen molar-refractivity contribution in [3.05, 3.63) is 0 Å². The highest BCUT2D eigenvalue weighted by molar-refractivity contribution is 7.80. The van der Waals surface area contributed by atoms with Gasteiger partial charge in [-0.15, -0.1) is 0 Å². The topological polar surface area (TPSA) is 78.4 Å². The lowest BCUT2D eigenvalue weighted by Crippen LogP contribution is -2.38. The van der Waals surface area contributed by atoms with E-state index in [4.69, 9.17) is 25.2 Å². The molecule has 1 aliphatic rings. The number of carbonyl (C=O) groups is 2. The molecular formula is C6H7BN2O3S. The minimum absolute atomic E-state index is 0.233. The molecule has 1 fully saturated rings. The molecule has 0 unspecified atom stereocenters. The van der Waals surface area contributed by atoms with E-state index in [1.54, 1.807) is 0 Å². The number of amides is 1. The van der Waals surface area contributed by atoms with Crippen molar-refractivity contribution in [1.29, 1.82) is 0 Å². The SMILES string of the molecule is [B]C(=O)N[C@H]1C[C@H](C(=O)O)NC1=S. The van der Waals surface area contributed by atoms with Gasteiger partial charge in [0.25, 0.3) is 0 Å². The maximum absolute atomic E-state index is 10.5. The van der Waals surface area contributed by atoms with Crippen LogP contribution in [0.3, 0.4) is 0 Å². The van der Waals surface area contributed by atoms with E-state index < -0.39 is 23.9 Å². The highest BCUT2D eigenvalue weighted by atomic mass is 32.1. The highest BCUT2D eigenvalue weighted by Crippen LogP contribution is 2.09. The Kier molecular flexibility index (Phi) is 2.87. The predicted octanol–water partition coefficient (Wildman–Crippen LogP) is -0.993. The lowest BCUT2D eigenvalue weighted by atomic mass is 10.1. The van der Waals surface area contributed by atoms with Gasteiger partial charge in [0.2, 0.25) is 7.85 Å². The molecule has 5 nitrogen and oxygen atoms in total. The molecule has 0 bridgehead atoms. The van der Waals surface area contributed by atoms with E-state index in [1.165, 1.54) is 0 Å². The molecule has 1 saturated heterocycles. The van der Waals surface area contributed by atoms with Crippen LogP contribution in [0.4, 0.5) is 4.79 Å². The summed E-state index contributed by atoms with van der Waals surface area (Å²) in [5.41, 5.74) is 0. The third kappa shape index (κ3) is 2.41. The molecular weight excluding hydrogens is 191 g/mol. The van der Waals surface area contributed by atoms with Gasteiger partial charge in [-0.25, -0.2) is 4.79 Å². The quantitative estimate of drug-likeness (QED) is 0.392. The number of carbonyl (C=O) groups excluding carboxylic acids is 1. The molecule has 1 rings (SSSR count). The standard InChI is InChI=1S/C6H7BN2O3S/c7-6(12)9-2-1-3(5(10)11)8-4(2)13/h2-3H,1H2,(H,8,13)(H,9,12)(H,10,11)/t2-,3+/m0/s1. The van der Waals surface area contributed by atoms with Crippen LogP contribution in [0, 0.1) is 0 Å². The normalized spacial score (nSPS) is 26.6. The first kappa shape index (κ1) is 9.98. The van der Waals surface area contributed by atoms with Gasteiger partial charge in [-0.05, 0) is 0 Å². The zero-order valence-corrected chi connectivity index (χ0v) is 7.43. The summed E-state index contributed by atoms with van der Waals surface area (Å²) >= 11 is 4.81. The van der Waals surface area contributed by atoms with Crippen molar-refractivity contribution in [3.63, 3.8) is 0 Å². The van der Waals surface area contributed by atoms with Crippen LogP contribution in [0.15, 0.2) is 0 Å². The molecule has 0 aromatic rings. The van der Waals surface area contributed by atoms with Gasteiger partial charge in [0, 0.05) is 6.42 Å². The van der Waals surface area contributed by atoms with E-state index in [0.29, 0.717) is 4.99 Å². The Morgan fingerprint density at radius 2 is 2.31 bits per heavy atom. The van der Waals surface area contributed by atoms with Crippen LogP contribution in [0.2, 0.25) is 0 Å². The molecule has 1 heterocycles. The minimum atomic E-state index is -0.990. The number of carboxylic acids is 1. The van der Waals surface area contributed by atoms with Crippen LogP contribution in [0.5, 0.6) is 0 Å². The number of thiocarbonyl (C=S) groups is 1. The molecule has 3 N–H and O–H groups in total. The summed E-state index contributed by atoms with van der Waals surface area (Å²) in [5.74, 6) is -1.70. The second-order valence-electron chi connectivity index (χ2n) is 2.70. The van der Waals surface area contributed by atoms with E-state index in [1.807, 2.05) is 0 Å². The fourth-order valence-corrected chi connectivity index (χ4v) is 1.43. The van der Waals surface area contributed by atoms with E-state index >= 15 is 0 Å². The molecule has 13 heavy (non-hydrogen) atoms. The van der Waals surface area contributed by atoms with Crippen molar-refractivity contribution < 1.29 is 14.7 Å². The summed E-state index contributed by atoms with van der Waals surface area (Å²) in [6, 6.07) is -1.20. The van der Waals surface area contributed by atoms with Crippen molar-refractivity contribution in [3.8, 4) is 0 Å². The molecule has 68 valence electrons. The average molecular weight is 198 g/mol. The Morgan fingerprint density at radius 3 is 2.69 bits per heavy atom. The van der Waals surface area contributed by atoms with Gasteiger partial charge < -0.3 is 15.7 Å². The minimum Gasteiger partial charge on any atom is -0.480 e. The van der Waals surface area contributed by atoms with Crippen LogP contribution in [-0.2, 0) is 4.79 Å². The Bertz CT molecular complexity index is 271. The third-order valence-corrected chi connectivity index (χ3v) is 2.12. The molecule has 0 saturated carbocycles. The molecule has 2 atom stereocenters. The van der Waals surface area contributed by atoms with Crippen molar-refractivity contribution in [2.24, 2.45) is 0 Å². The lowest BCUT2D eigenvalue weighted by molar-refractivity contribution is -0.138. The Hall–Kier alpha value is -1.11. The average Bonchev–Trinajstić information content (AvgIpc) is 2.31. The first-order valence-corrected chi connectivity index (χ1v) is 4.00. The largest absolute Gasteiger partial charge is 0.480 e. The highest BCUT2D eigenvalue weighted by Gasteiger charge is 2.33. The second-order valence-corrected chi connectivity index (χ2v) is 3.14. The molecule has 0 aromatic carbocycles. The van der Waals surface area contributed by atoms with Crippen LogP contribution in [0.25, 0.3) is 0 Å². The number of carboxylic acid groups (broad SMARTS) is 1. The number of hydrogen-bond donors (Lipinski definition) is 3. The summed E-state index contributed by atoms with van der Waals surface area (Å²) in [4.78, 5) is 21.3. The fourth-order valence-electron chi connectivity index (χ4n) is 1.13. The lowest BCUT2D eigenvalue weighted by Gasteiger charge is -2.08. The predicted molar refractivity (Wildman–Crippen MR) is 49.8 cm³/mol. The van der Waals surface area contributed by atoms with Gasteiger partial charge in [-0.1, -0.05) is 12.2 Å². The number of hydrogen-bond acceptors (Lipinski definition) is 3. The Balaban J connectivity index is 2.56. The van der Waals surface area contributed by atoms with E-state index in [2.05, 4.69) is 10.6 Å². The first-order chi connectivity index (χ1) is 6.00. The van der Waals surface area contributed by atoms with Crippen LogP contribution < -0.4 is 10.6 Å². The number of aliphatic carboxylic acids is 1. The molecule has 1 aliphatic heterocycles. The molecule has 0 spiro atoms. The van der Waals surface area contributed by atoms with E-state index in [0.717, 1.165) is 0 Å². The maximum atomic E-state index is 10.5. The zero-order chi connectivity index (χ0) is 10.0. The first-order valence-electron chi connectivity index (χ1n) is 3.60. The van der Waals surface area contributed by atoms with E-state index in [9.17, 15) is 9.59 Å². The summed E-state index contributed by atoms with van der Waals surface area (Å²) in [7, 11) is 4.87. The van der Waals surface area contributed by atoms with Crippen molar-refractivity contribution in [1.82, 2.24) is 10.6 Å². The fraction of sp³-hybridized carbons (Fsp3) is 0.500. The van der Waals surface area contributed by atoms with Crippen molar-refractivity contribution in [2.75, 3.05) is 0 Å². The summed E-state index contributed by atoms with van der Waals surface area (Å²) in [6.07, 6.45) is 0.233. The summed E-state index contributed by atoms with van der Waals surface area (Å²) in [5, 5.41) is 13.5. The van der Waals surface area contributed by atoms with Gasteiger partial charge in [-0.2, -0.15) is 0 Å². The molecule has 2 radical (unpaired) electrons. The van der Waals surface area contributed by atoms with Crippen LogP contribution >= 0.6 is 12.2 Å².